The third-order valence-electron chi connectivity index (χ3n) is 11.4. The summed E-state index contributed by atoms with van der Waals surface area (Å²) >= 11 is 0. The van der Waals surface area contributed by atoms with E-state index in [0.29, 0.717) is 0 Å². The molecule has 2 unspecified atom stereocenters. The largest absolute Gasteiger partial charge is 0.629 e. The van der Waals surface area contributed by atoms with Crippen molar-refractivity contribution >= 4 is 49.2 Å². The summed E-state index contributed by atoms with van der Waals surface area (Å²) < 4.78 is 2.38. The zero-order chi connectivity index (χ0) is 37.7. The standard InChI is InChI=1S/C53H37N4/c1-4-16-35(17-5-1)41-26-15-27-44-51(41)45-33-39(30-31-46(45)54-52(44)36-18-6-2-7-19-36)48-34-47(55-53(56-48)37-20-8-3-9-21-37)38-22-14-23-40(32-38)57-49-28-12-10-24-42(49)43-25-11-13-29-50(43)57/h1-34,48,53,55H/q-1. The number of fused-ring (bicyclic) bond motifs is 6. The Morgan fingerprint density at radius 2 is 1.09 bits per heavy atom. The van der Waals surface area contributed by atoms with E-state index in [1.807, 2.05) is 0 Å². The maximum Gasteiger partial charge on any atom is 0.0788 e. The van der Waals surface area contributed by atoms with Crippen molar-refractivity contribution in [1.29, 1.82) is 0 Å². The normalized spacial score (nSPS) is 15.5. The van der Waals surface area contributed by atoms with E-state index in [9.17, 15) is 0 Å². The Hall–Kier alpha value is -7.27. The molecular formula is C53H37N4-. The Balaban J connectivity index is 1.09. The molecule has 2 aromatic heterocycles. The van der Waals surface area contributed by atoms with E-state index in [0.717, 1.165) is 55.6 Å². The molecule has 1 aliphatic rings. The van der Waals surface area contributed by atoms with Crippen molar-refractivity contribution in [1.82, 2.24) is 14.9 Å². The lowest BCUT2D eigenvalue weighted by Crippen LogP contribution is -2.25. The van der Waals surface area contributed by atoms with Gasteiger partial charge in [-0.2, -0.15) is 0 Å². The van der Waals surface area contributed by atoms with Gasteiger partial charge in [-0.15, -0.1) is 0 Å². The lowest BCUT2D eigenvalue weighted by molar-refractivity contribution is 0.664. The van der Waals surface area contributed by atoms with Gasteiger partial charge in [0.15, 0.2) is 0 Å². The number of benzene rings is 8. The van der Waals surface area contributed by atoms with Crippen molar-refractivity contribution in [3.05, 3.63) is 228 Å². The average Bonchev–Trinajstić information content (AvgIpc) is 3.63. The van der Waals surface area contributed by atoms with Crippen molar-refractivity contribution in [2.45, 2.75) is 12.2 Å². The number of hydrogen-bond donors (Lipinski definition) is 1. The molecule has 3 heterocycles. The molecule has 0 bridgehead atoms. The molecule has 4 heteroatoms. The van der Waals surface area contributed by atoms with Gasteiger partial charge < -0.3 is 15.2 Å². The van der Waals surface area contributed by atoms with Gasteiger partial charge in [0.25, 0.3) is 0 Å². The van der Waals surface area contributed by atoms with Gasteiger partial charge in [-0.3, -0.25) is 0 Å². The van der Waals surface area contributed by atoms with Crippen LogP contribution < -0.4 is 5.32 Å². The van der Waals surface area contributed by atoms with E-state index >= 15 is 0 Å². The Kier molecular flexibility index (Phi) is 8.01. The number of aromatic nitrogens is 2. The summed E-state index contributed by atoms with van der Waals surface area (Å²) in [6, 6.07) is 71.1. The second-order valence-corrected chi connectivity index (χ2v) is 14.7. The summed E-state index contributed by atoms with van der Waals surface area (Å²) in [6.07, 6.45) is 2.05. The van der Waals surface area contributed by atoms with Crippen molar-refractivity contribution in [2.75, 3.05) is 0 Å². The smallest absolute Gasteiger partial charge is 0.0788 e. The van der Waals surface area contributed by atoms with Crippen LogP contribution in [0.2, 0.25) is 0 Å². The Morgan fingerprint density at radius 1 is 0.474 bits per heavy atom. The lowest BCUT2D eigenvalue weighted by atomic mass is 9.91. The van der Waals surface area contributed by atoms with E-state index in [4.69, 9.17) is 10.3 Å². The SMILES string of the molecule is C1=C(c2cccc(-n3c4ccccc4c4ccccc43)c2)NC(c2ccccc2)[N-]C1c1ccc2nc(-c3ccccc3)c3cccc(-c4ccccc4)c3c2c1. The summed E-state index contributed by atoms with van der Waals surface area (Å²) in [7, 11) is 0. The topological polar surface area (TPSA) is 44.0 Å². The molecule has 270 valence electrons. The molecule has 0 saturated heterocycles. The van der Waals surface area contributed by atoms with Crippen LogP contribution in [0.15, 0.2) is 206 Å². The van der Waals surface area contributed by atoms with Crippen LogP contribution in [0.3, 0.4) is 0 Å². The number of pyridine rings is 1. The van der Waals surface area contributed by atoms with Crippen molar-refractivity contribution in [2.24, 2.45) is 0 Å². The predicted octanol–water partition coefficient (Wildman–Crippen LogP) is 13.6. The van der Waals surface area contributed by atoms with Crippen LogP contribution in [-0.2, 0) is 0 Å². The monoisotopic (exact) mass is 729 g/mol. The highest BCUT2D eigenvalue weighted by Crippen LogP contribution is 2.43. The summed E-state index contributed by atoms with van der Waals surface area (Å²) in [6.45, 7) is 0. The molecule has 1 aliphatic heterocycles. The van der Waals surface area contributed by atoms with Gasteiger partial charge in [0.2, 0.25) is 0 Å². The maximum absolute atomic E-state index is 5.47. The quantitative estimate of drug-likeness (QED) is 0.173. The first-order valence-corrected chi connectivity index (χ1v) is 19.6. The minimum atomic E-state index is -0.237. The second kappa shape index (κ2) is 13.8. The Bertz CT molecular complexity index is 3080. The fraction of sp³-hybridized carbons (Fsp3) is 0.0377. The molecule has 2 atom stereocenters. The van der Waals surface area contributed by atoms with Gasteiger partial charge in [-0.1, -0.05) is 188 Å². The van der Waals surface area contributed by atoms with Crippen LogP contribution >= 0.6 is 0 Å². The molecule has 0 amide bonds. The van der Waals surface area contributed by atoms with E-state index in [2.05, 4.69) is 216 Å². The van der Waals surface area contributed by atoms with E-state index in [1.54, 1.807) is 0 Å². The first-order chi connectivity index (χ1) is 28.3. The molecule has 0 spiro atoms. The second-order valence-electron chi connectivity index (χ2n) is 14.7. The zero-order valence-electron chi connectivity index (χ0n) is 31.1. The molecule has 0 aliphatic carbocycles. The fourth-order valence-corrected chi connectivity index (χ4v) is 8.70. The minimum absolute atomic E-state index is 0.208. The van der Waals surface area contributed by atoms with Gasteiger partial charge in [0, 0.05) is 43.9 Å². The van der Waals surface area contributed by atoms with Crippen LogP contribution in [0.25, 0.3) is 82.6 Å². The molecule has 11 rings (SSSR count). The van der Waals surface area contributed by atoms with Crippen LogP contribution in [0.5, 0.6) is 0 Å². The van der Waals surface area contributed by atoms with Crippen LogP contribution in [-0.4, -0.2) is 9.55 Å². The van der Waals surface area contributed by atoms with Crippen LogP contribution in [0.1, 0.15) is 28.9 Å². The first-order valence-electron chi connectivity index (χ1n) is 19.6. The van der Waals surface area contributed by atoms with Crippen molar-refractivity contribution in [3.63, 3.8) is 0 Å². The highest BCUT2D eigenvalue weighted by Gasteiger charge is 2.20. The summed E-state index contributed by atoms with van der Waals surface area (Å²) in [5.41, 5.74) is 13.4. The molecule has 0 saturated carbocycles. The van der Waals surface area contributed by atoms with E-state index in [1.165, 1.54) is 38.3 Å². The van der Waals surface area contributed by atoms with Gasteiger partial charge in [-0.05, 0) is 58.8 Å². The minimum Gasteiger partial charge on any atom is -0.629 e. The lowest BCUT2D eigenvalue weighted by Gasteiger charge is -2.45. The summed E-state index contributed by atoms with van der Waals surface area (Å²) in [5, 5.41) is 15.3. The zero-order valence-corrected chi connectivity index (χ0v) is 31.1. The molecule has 10 aromatic rings. The van der Waals surface area contributed by atoms with Gasteiger partial charge >= 0.3 is 0 Å². The first kappa shape index (κ1) is 33.1. The molecule has 4 nitrogen and oxygen atoms in total. The van der Waals surface area contributed by atoms with Crippen LogP contribution in [0.4, 0.5) is 0 Å². The number of nitrogens with one attached hydrogen (secondary N) is 1. The molecule has 0 fully saturated rings. The molecular weight excluding hydrogens is 693 g/mol. The number of para-hydroxylation sites is 2. The Labute approximate surface area is 331 Å². The number of rotatable bonds is 6. The Morgan fingerprint density at radius 3 is 1.82 bits per heavy atom. The summed E-state index contributed by atoms with van der Waals surface area (Å²) in [5.74, 6) is 0. The molecule has 8 aromatic carbocycles. The fourth-order valence-electron chi connectivity index (χ4n) is 8.70. The van der Waals surface area contributed by atoms with Crippen molar-refractivity contribution < 1.29 is 0 Å². The van der Waals surface area contributed by atoms with E-state index in [-0.39, 0.29) is 12.2 Å². The van der Waals surface area contributed by atoms with E-state index < -0.39 is 0 Å². The summed E-state index contributed by atoms with van der Waals surface area (Å²) in [4.78, 5) is 5.34. The highest BCUT2D eigenvalue weighted by atomic mass is 15.2. The highest BCUT2D eigenvalue weighted by molar-refractivity contribution is 6.17. The number of nitrogens with zero attached hydrogens (tertiary/aromatic N) is 3. The maximum atomic E-state index is 5.47. The third kappa shape index (κ3) is 5.78. The van der Waals surface area contributed by atoms with Gasteiger partial charge in [0.05, 0.1) is 22.2 Å². The number of hydrogen-bond acceptors (Lipinski definition) is 2. The predicted molar refractivity (Wildman–Crippen MR) is 237 cm³/mol. The average molecular weight is 730 g/mol. The molecule has 57 heavy (non-hydrogen) atoms. The molecule has 1 N–H and O–H groups in total. The molecule has 0 radical (unpaired) electrons. The third-order valence-corrected chi connectivity index (χ3v) is 11.4. The van der Waals surface area contributed by atoms with Crippen LogP contribution in [0, 0.1) is 0 Å². The van der Waals surface area contributed by atoms with Gasteiger partial charge in [0.1, 0.15) is 0 Å². The van der Waals surface area contributed by atoms with Crippen molar-refractivity contribution in [3.8, 4) is 28.1 Å². The van der Waals surface area contributed by atoms with Gasteiger partial charge in [-0.25, -0.2) is 4.98 Å².